The van der Waals surface area contributed by atoms with Gasteiger partial charge in [0.1, 0.15) is 0 Å². The van der Waals surface area contributed by atoms with E-state index in [1.54, 1.807) is 0 Å². The Morgan fingerprint density at radius 1 is 1.22 bits per heavy atom. The lowest BCUT2D eigenvalue weighted by Gasteiger charge is -1.92. The molecule has 0 saturated heterocycles. The molecule has 1 nitrogen and oxygen atoms in total. The van der Waals surface area contributed by atoms with Crippen molar-refractivity contribution >= 4 is 5.71 Å². The largest absolute Gasteiger partial charge is 0.305 e. The minimum absolute atomic E-state index is 0.371. The first-order valence-electron chi connectivity index (χ1n) is 2.76. The predicted molar refractivity (Wildman–Crippen MR) is 38.6 cm³/mol. The number of nitrogens with one attached hydrogen (secondary N) is 1. The Labute approximate surface area is 54.8 Å². The Balaban J connectivity index is 2.98. The first-order chi connectivity index (χ1) is 4.30. The Hall–Kier alpha value is -1.11. The van der Waals surface area contributed by atoms with Crippen LogP contribution < -0.4 is 0 Å². The zero-order valence-corrected chi connectivity index (χ0v) is 5.09. The molecule has 0 bridgehead atoms. The molecule has 1 radical (unpaired) electrons. The minimum atomic E-state index is 0.371. The highest BCUT2D eigenvalue weighted by atomic mass is 14.4. The van der Waals surface area contributed by atoms with Crippen molar-refractivity contribution in [3.63, 3.8) is 0 Å². The maximum absolute atomic E-state index is 7.12. The summed E-state index contributed by atoms with van der Waals surface area (Å²) < 4.78 is 0. The van der Waals surface area contributed by atoms with Gasteiger partial charge in [0.15, 0.2) is 0 Å². The van der Waals surface area contributed by atoms with Gasteiger partial charge >= 0.3 is 0 Å². The molecule has 0 aliphatic carbocycles. The third kappa shape index (κ3) is 1.39. The molecule has 0 unspecified atom stereocenters. The Bertz CT molecular complexity index is 201. The van der Waals surface area contributed by atoms with Gasteiger partial charge in [-0.05, 0) is 12.5 Å². The van der Waals surface area contributed by atoms with Crippen LogP contribution in [0.2, 0.25) is 0 Å². The van der Waals surface area contributed by atoms with Gasteiger partial charge in [-0.3, -0.25) is 0 Å². The SMILES string of the molecule is [CH2]C(=N)c1ccccc1. The monoisotopic (exact) mass is 118 g/mol. The van der Waals surface area contributed by atoms with Crippen LogP contribution in [-0.2, 0) is 0 Å². The van der Waals surface area contributed by atoms with E-state index in [0.29, 0.717) is 5.71 Å². The normalized spacial score (nSPS) is 9.00. The Morgan fingerprint density at radius 3 is 2.11 bits per heavy atom. The average Bonchev–Trinajstić information content (AvgIpc) is 1.90. The van der Waals surface area contributed by atoms with Crippen LogP contribution in [0.3, 0.4) is 0 Å². The molecular formula is C8H8N. The van der Waals surface area contributed by atoms with E-state index in [1.165, 1.54) is 0 Å². The van der Waals surface area contributed by atoms with E-state index < -0.39 is 0 Å². The number of benzene rings is 1. The molecule has 1 aromatic carbocycles. The molecule has 0 atom stereocenters. The lowest BCUT2D eigenvalue weighted by molar-refractivity contribution is 1.50. The first kappa shape index (κ1) is 6.02. The highest BCUT2D eigenvalue weighted by Gasteiger charge is 1.88. The summed E-state index contributed by atoms with van der Waals surface area (Å²) in [4.78, 5) is 0. The molecule has 0 amide bonds. The van der Waals surface area contributed by atoms with E-state index >= 15 is 0 Å². The summed E-state index contributed by atoms with van der Waals surface area (Å²) >= 11 is 0. The molecule has 0 aromatic heterocycles. The van der Waals surface area contributed by atoms with Crippen LogP contribution >= 0.6 is 0 Å². The quantitative estimate of drug-likeness (QED) is 0.544. The fraction of sp³-hybridized carbons (Fsp3) is 0. The smallest absolute Gasteiger partial charge is 0.0390 e. The van der Waals surface area contributed by atoms with Gasteiger partial charge in [0.2, 0.25) is 0 Å². The summed E-state index contributed by atoms with van der Waals surface area (Å²) in [5, 5.41) is 7.12. The first-order valence-corrected chi connectivity index (χ1v) is 2.76. The zero-order chi connectivity index (χ0) is 6.69. The third-order valence-electron chi connectivity index (χ3n) is 1.12. The lowest BCUT2D eigenvalue weighted by atomic mass is 10.1. The van der Waals surface area contributed by atoms with E-state index in [-0.39, 0.29) is 0 Å². The van der Waals surface area contributed by atoms with E-state index in [2.05, 4.69) is 6.92 Å². The summed E-state index contributed by atoms with van der Waals surface area (Å²) in [5.41, 5.74) is 1.26. The molecule has 0 fully saturated rings. The summed E-state index contributed by atoms with van der Waals surface area (Å²) in [5.74, 6) is 0. The molecule has 0 heterocycles. The minimum Gasteiger partial charge on any atom is -0.305 e. The molecule has 0 spiro atoms. The molecule has 1 rings (SSSR count). The fourth-order valence-corrected chi connectivity index (χ4v) is 0.639. The van der Waals surface area contributed by atoms with E-state index in [9.17, 15) is 0 Å². The third-order valence-corrected chi connectivity index (χ3v) is 1.12. The van der Waals surface area contributed by atoms with Gasteiger partial charge in [0.05, 0.1) is 0 Å². The second-order valence-electron chi connectivity index (χ2n) is 1.84. The van der Waals surface area contributed by atoms with E-state index in [1.807, 2.05) is 30.3 Å². The average molecular weight is 118 g/mol. The van der Waals surface area contributed by atoms with Crippen LogP contribution in [-0.4, -0.2) is 5.71 Å². The molecule has 9 heavy (non-hydrogen) atoms. The van der Waals surface area contributed by atoms with Gasteiger partial charge in [-0.15, -0.1) is 0 Å². The highest BCUT2D eigenvalue weighted by molar-refractivity contribution is 6.01. The van der Waals surface area contributed by atoms with Gasteiger partial charge in [-0.2, -0.15) is 0 Å². The van der Waals surface area contributed by atoms with Crippen molar-refractivity contribution in [2.24, 2.45) is 0 Å². The lowest BCUT2D eigenvalue weighted by Crippen LogP contribution is -1.89. The predicted octanol–water partition coefficient (Wildman–Crippen LogP) is 1.89. The highest BCUT2D eigenvalue weighted by Crippen LogP contribution is 1.97. The van der Waals surface area contributed by atoms with Gasteiger partial charge < -0.3 is 5.41 Å². The van der Waals surface area contributed by atoms with Crippen molar-refractivity contribution in [3.8, 4) is 0 Å². The van der Waals surface area contributed by atoms with Crippen molar-refractivity contribution < 1.29 is 0 Å². The van der Waals surface area contributed by atoms with Crippen molar-refractivity contribution in [3.05, 3.63) is 42.8 Å². The molecule has 0 saturated carbocycles. The molecule has 1 aromatic rings. The molecular weight excluding hydrogens is 110 g/mol. The number of hydrogen-bond acceptors (Lipinski definition) is 1. The van der Waals surface area contributed by atoms with Crippen molar-refractivity contribution in [2.45, 2.75) is 0 Å². The fourth-order valence-electron chi connectivity index (χ4n) is 0.639. The second-order valence-corrected chi connectivity index (χ2v) is 1.84. The summed E-state index contributed by atoms with van der Waals surface area (Å²) in [6, 6.07) is 9.46. The van der Waals surface area contributed by atoms with Crippen molar-refractivity contribution in [1.29, 1.82) is 5.41 Å². The molecule has 45 valence electrons. The molecule has 1 N–H and O–H groups in total. The maximum Gasteiger partial charge on any atom is 0.0390 e. The number of hydrogen-bond donors (Lipinski definition) is 1. The second kappa shape index (κ2) is 2.44. The number of rotatable bonds is 1. The van der Waals surface area contributed by atoms with Crippen LogP contribution in [0.5, 0.6) is 0 Å². The van der Waals surface area contributed by atoms with E-state index in [0.717, 1.165) is 5.56 Å². The standard InChI is InChI=1S/C8H8N/c1-7(9)8-5-3-2-4-6-8/h2-6,9H,1H2. The van der Waals surface area contributed by atoms with Gasteiger partial charge in [-0.25, -0.2) is 0 Å². The van der Waals surface area contributed by atoms with Gasteiger partial charge in [0, 0.05) is 5.71 Å². The van der Waals surface area contributed by atoms with Crippen LogP contribution in [0, 0.1) is 12.3 Å². The van der Waals surface area contributed by atoms with Gasteiger partial charge in [-0.1, -0.05) is 30.3 Å². The molecule has 0 aliphatic rings. The summed E-state index contributed by atoms with van der Waals surface area (Å²) in [7, 11) is 0. The van der Waals surface area contributed by atoms with Crippen LogP contribution in [0.4, 0.5) is 0 Å². The molecule has 1 heteroatoms. The van der Waals surface area contributed by atoms with Crippen LogP contribution in [0.15, 0.2) is 30.3 Å². The summed E-state index contributed by atoms with van der Waals surface area (Å²) in [6.45, 7) is 3.49. The van der Waals surface area contributed by atoms with Crippen molar-refractivity contribution in [2.75, 3.05) is 0 Å². The van der Waals surface area contributed by atoms with Crippen LogP contribution in [0.25, 0.3) is 0 Å². The Morgan fingerprint density at radius 2 is 1.78 bits per heavy atom. The topological polar surface area (TPSA) is 23.9 Å². The summed E-state index contributed by atoms with van der Waals surface area (Å²) in [6.07, 6.45) is 0. The van der Waals surface area contributed by atoms with Gasteiger partial charge in [0.25, 0.3) is 0 Å². The van der Waals surface area contributed by atoms with Crippen molar-refractivity contribution in [1.82, 2.24) is 0 Å². The maximum atomic E-state index is 7.12. The Kier molecular flexibility index (Phi) is 1.63. The zero-order valence-electron chi connectivity index (χ0n) is 5.09. The van der Waals surface area contributed by atoms with Crippen LogP contribution in [0.1, 0.15) is 5.56 Å². The van der Waals surface area contributed by atoms with E-state index in [4.69, 9.17) is 5.41 Å². The molecule has 0 aliphatic heterocycles.